The Labute approximate surface area is 164 Å². The zero-order valence-electron chi connectivity index (χ0n) is 15.1. The Morgan fingerprint density at radius 1 is 1.07 bits per heavy atom. The molecule has 1 aliphatic rings. The Bertz CT molecular complexity index is 1070. The number of anilines is 1. The smallest absolute Gasteiger partial charge is 0.324 e. The number of nitrogens with one attached hydrogen (secondary N) is 1. The third-order valence-corrected chi connectivity index (χ3v) is 6.40. The van der Waals surface area contributed by atoms with Gasteiger partial charge in [-0.15, -0.1) is 0 Å². The lowest BCUT2D eigenvalue weighted by Crippen LogP contribution is -2.36. The Balaban J connectivity index is 1.83. The lowest BCUT2D eigenvalue weighted by molar-refractivity contribution is -0.137. The number of benzene rings is 1. The number of hydrogen-bond acceptors (Lipinski definition) is 4. The molecule has 0 unspecified atom stereocenters. The van der Waals surface area contributed by atoms with Crippen LogP contribution in [0, 0.1) is 0 Å². The van der Waals surface area contributed by atoms with Crippen molar-refractivity contribution < 1.29 is 26.4 Å². The van der Waals surface area contributed by atoms with Crippen LogP contribution in [0.15, 0.2) is 52.3 Å². The van der Waals surface area contributed by atoms with Gasteiger partial charge in [0.15, 0.2) is 0 Å². The fourth-order valence-electron chi connectivity index (χ4n) is 3.09. The van der Waals surface area contributed by atoms with Gasteiger partial charge in [0.25, 0.3) is 5.56 Å². The fourth-order valence-corrected chi connectivity index (χ4v) is 4.69. The van der Waals surface area contributed by atoms with Gasteiger partial charge in [-0.2, -0.15) is 17.5 Å². The second-order valence-corrected chi connectivity index (χ2v) is 8.41. The molecule has 0 spiro atoms. The number of carbonyl (C=O) groups excluding carboxylic acids is 1. The number of alkyl halides is 3. The van der Waals surface area contributed by atoms with Gasteiger partial charge in [-0.3, -0.25) is 9.59 Å². The molecule has 3 rings (SSSR count). The van der Waals surface area contributed by atoms with Crippen molar-refractivity contribution >= 4 is 21.6 Å². The first-order chi connectivity index (χ1) is 13.6. The number of carbonyl (C=O) groups is 1. The minimum Gasteiger partial charge on any atom is -0.324 e. The highest BCUT2D eigenvalue weighted by atomic mass is 32.2. The van der Waals surface area contributed by atoms with E-state index in [4.69, 9.17) is 0 Å². The Hall–Kier alpha value is -2.66. The quantitative estimate of drug-likeness (QED) is 0.790. The van der Waals surface area contributed by atoms with E-state index in [-0.39, 0.29) is 0 Å². The molecule has 11 heteroatoms. The summed E-state index contributed by atoms with van der Waals surface area (Å²) in [5, 5.41) is 2.13. The number of rotatable bonds is 5. The van der Waals surface area contributed by atoms with Gasteiger partial charge in [-0.1, -0.05) is 12.1 Å². The van der Waals surface area contributed by atoms with Crippen molar-refractivity contribution in [1.29, 1.82) is 0 Å². The maximum atomic E-state index is 13.0. The van der Waals surface area contributed by atoms with E-state index >= 15 is 0 Å². The largest absolute Gasteiger partial charge is 0.418 e. The summed E-state index contributed by atoms with van der Waals surface area (Å²) in [6.45, 7) is -0.00878. The maximum absolute atomic E-state index is 13.0. The number of aromatic nitrogens is 1. The molecule has 1 fully saturated rings. The summed E-state index contributed by atoms with van der Waals surface area (Å²) in [4.78, 5) is 24.3. The molecule has 1 aliphatic heterocycles. The van der Waals surface area contributed by atoms with E-state index in [2.05, 4.69) is 5.32 Å². The third kappa shape index (κ3) is 4.51. The van der Waals surface area contributed by atoms with Gasteiger partial charge in [0, 0.05) is 19.3 Å². The number of hydrogen-bond donors (Lipinski definition) is 1. The Morgan fingerprint density at radius 3 is 2.38 bits per heavy atom. The van der Waals surface area contributed by atoms with Crippen LogP contribution in [0.2, 0.25) is 0 Å². The molecule has 1 aromatic heterocycles. The highest BCUT2D eigenvalue weighted by molar-refractivity contribution is 7.89. The van der Waals surface area contributed by atoms with E-state index in [1.54, 1.807) is 0 Å². The van der Waals surface area contributed by atoms with Gasteiger partial charge in [0.1, 0.15) is 11.4 Å². The van der Waals surface area contributed by atoms with Crippen LogP contribution < -0.4 is 10.9 Å². The average Bonchev–Trinajstić information content (AvgIpc) is 3.18. The van der Waals surface area contributed by atoms with Gasteiger partial charge >= 0.3 is 6.18 Å². The van der Waals surface area contributed by atoms with E-state index in [1.807, 2.05) is 0 Å². The predicted molar refractivity (Wildman–Crippen MR) is 98.8 cm³/mol. The van der Waals surface area contributed by atoms with Crippen molar-refractivity contribution in [2.45, 2.75) is 30.5 Å². The van der Waals surface area contributed by atoms with Crippen molar-refractivity contribution in [2.75, 3.05) is 18.4 Å². The molecule has 1 amide bonds. The molecule has 0 bridgehead atoms. The monoisotopic (exact) mass is 429 g/mol. The summed E-state index contributed by atoms with van der Waals surface area (Å²) in [5.74, 6) is -0.889. The molecule has 0 saturated carbocycles. The molecule has 2 aromatic rings. The molecule has 1 saturated heterocycles. The van der Waals surface area contributed by atoms with E-state index in [1.165, 1.54) is 28.7 Å². The predicted octanol–water partition coefficient (Wildman–Crippen LogP) is 2.29. The van der Waals surface area contributed by atoms with E-state index in [0.29, 0.717) is 25.9 Å². The highest BCUT2D eigenvalue weighted by Crippen LogP contribution is 2.34. The topological polar surface area (TPSA) is 88.5 Å². The SMILES string of the molecule is O=C(Cn1cccc(S(=O)(=O)N2CCCC2)c1=O)Nc1ccccc1C(F)(F)F. The van der Waals surface area contributed by atoms with Crippen LogP contribution in [-0.2, 0) is 27.5 Å². The van der Waals surface area contributed by atoms with Crippen molar-refractivity contribution in [1.82, 2.24) is 8.87 Å². The van der Waals surface area contributed by atoms with Crippen molar-refractivity contribution in [3.63, 3.8) is 0 Å². The highest BCUT2D eigenvalue weighted by Gasteiger charge is 2.34. The molecule has 2 heterocycles. The van der Waals surface area contributed by atoms with Crippen molar-refractivity contribution in [3.8, 4) is 0 Å². The first-order valence-corrected chi connectivity index (χ1v) is 10.2. The number of amides is 1. The summed E-state index contributed by atoms with van der Waals surface area (Å²) in [5.41, 5.74) is -2.37. The molecular weight excluding hydrogens is 411 g/mol. The second kappa shape index (κ2) is 7.99. The minimum atomic E-state index is -4.66. The van der Waals surface area contributed by atoms with Crippen LogP contribution in [-0.4, -0.2) is 36.3 Å². The molecule has 0 aliphatic carbocycles. The normalized spacial score (nSPS) is 15.4. The van der Waals surface area contributed by atoms with Gasteiger partial charge in [0.2, 0.25) is 15.9 Å². The lowest BCUT2D eigenvalue weighted by atomic mass is 10.1. The molecule has 0 atom stereocenters. The van der Waals surface area contributed by atoms with Gasteiger partial charge in [-0.25, -0.2) is 8.42 Å². The maximum Gasteiger partial charge on any atom is 0.418 e. The summed E-state index contributed by atoms with van der Waals surface area (Å²) in [6, 6.07) is 6.91. The Morgan fingerprint density at radius 2 is 1.72 bits per heavy atom. The Kier molecular flexibility index (Phi) is 5.80. The molecule has 1 aromatic carbocycles. The number of para-hydroxylation sites is 1. The molecule has 156 valence electrons. The van der Waals surface area contributed by atoms with E-state index in [9.17, 15) is 31.2 Å². The van der Waals surface area contributed by atoms with Crippen molar-refractivity contribution in [2.24, 2.45) is 0 Å². The van der Waals surface area contributed by atoms with E-state index in [0.717, 1.165) is 22.8 Å². The first kappa shape index (κ1) is 21.1. The van der Waals surface area contributed by atoms with E-state index < -0.39 is 50.4 Å². The summed E-state index contributed by atoms with van der Waals surface area (Å²) in [7, 11) is -3.99. The number of pyridine rings is 1. The molecular formula is C18H18F3N3O4S. The fraction of sp³-hybridized carbons (Fsp3) is 0.333. The number of halogens is 3. The van der Waals surface area contributed by atoms with Gasteiger partial charge in [-0.05, 0) is 37.1 Å². The number of sulfonamides is 1. The van der Waals surface area contributed by atoms with Crippen LogP contribution in [0.4, 0.5) is 18.9 Å². The van der Waals surface area contributed by atoms with Crippen molar-refractivity contribution in [3.05, 3.63) is 58.5 Å². The van der Waals surface area contributed by atoms with Crippen LogP contribution in [0.5, 0.6) is 0 Å². The summed E-state index contributed by atoms with van der Waals surface area (Å²) >= 11 is 0. The molecule has 7 nitrogen and oxygen atoms in total. The third-order valence-electron chi connectivity index (χ3n) is 4.49. The summed E-state index contributed by atoms with van der Waals surface area (Å²) < 4.78 is 66.4. The second-order valence-electron chi connectivity index (χ2n) is 6.51. The zero-order valence-corrected chi connectivity index (χ0v) is 16.0. The van der Waals surface area contributed by atoms with Crippen LogP contribution >= 0.6 is 0 Å². The lowest BCUT2D eigenvalue weighted by Gasteiger charge is -2.16. The minimum absolute atomic E-state index is 0.311. The number of nitrogens with zero attached hydrogens (tertiary/aromatic N) is 2. The van der Waals surface area contributed by atoms with Gasteiger partial charge in [0.05, 0.1) is 11.3 Å². The first-order valence-electron chi connectivity index (χ1n) is 8.76. The standard InChI is InChI=1S/C18H18F3N3O4S/c19-18(20,21)13-6-1-2-7-14(13)22-16(25)12-23-9-5-8-15(17(23)26)29(27,28)24-10-3-4-11-24/h1-2,5-9H,3-4,10-12H2,(H,22,25). The molecule has 1 N–H and O–H groups in total. The van der Waals surface area contributed by atoms with Crippen LogP contribution in [0.25, 0.3) is 0 Å². The average molecular weight is 429 g/mol. The van der Waals surface area contributed by atoms with Gasteiger partial charge < -0.3 is 9.88 Å². The molecule has 29 heavy (non-hydrogen) atoms. The van der Waals surface area contributed by atoms with Crippen LogP contribution in [0.3, 0.4) is 0 Å². The van der Waals surface area contributed by atoms with Crippen LogP contribution in [0.1, 0.15) is 18.4 Å². The molecule has 0 radical (unpaired) electrons. The summed E-state index contributed by atoms with van der Waals surface area (Å²) in [6.07, 6.45) is -2.06. The zero-order chi connectivity index (χ0) is 21.2.